The molecule has 21 heavy (non-hydrogen) atoms. The zero-order chi connectivity index (χ0) is 15.4. The van der Waals surface area contributed by atoms with Gasteiger partial charge in [-0.3, -0.25) is 10.1 Å². The van der Waals surface area contributed by atoms with Gasteiger partial charge in [0.1, 0.15) is 0 Å². The Balaban J connectivity index is 0.00000400. The second kappa shape index (κ2) is 8.02. The monoisotopic (exact) mass is 320 g/mol. The predicted octanol–water partition coefficient (Wildman–Crippen LogP) is 2.14. The largest absolute Gasteiger partial charge is 0.504 e. The van der Waals surface area contributed by atoms with E-state index >= 15 is 0 Å². The highest BCUT2D eigenvalue weighted by atomic mass is 35.5. The number of aliphatic hydroxyl groups excluding tert-OH is 1. The van der Waals surface area contributed by atoms with Crippen molar-refractivity contribution in [2.45, 2.75) is 32.4 Å². The van der Waals surface area contributed by atoms with E-state index in [4.69, 9.17) is 10.5 Å². The molecular formula is C13H21ClN2O5. The summed E-state index contributed by atoms with van der Waals surface area (Å²) >= 11 is 0. The molecule has 4 N–H and O–H groups in total. The normalized spacial score (nSPS) is 14.7. The first-order valence-corrected chi connectivity index (χ1v) is 6.32. The van der Waals surface area contributed by atoms with Gasteiger partial charge in [-0.2, -0.15) is 0 Å². The van der Waals surface area contributed by atoms with Crippen LogP contribution in [0.15, 0.2) is 12.1 Å². The molecule has 0 aliphatic carbocycles. The minimum absolute atomic E-state index is 0. The fourth-order valence-electron chi connectivity index (χ4n) is 1.91. The summed E-state index contributed by atoms with van der Waals surface area (Å²) in [6, 6.07) is 1.34. The number of phenolic OH excluding ortho intramolecular Hbond substituents is 1. The Morgan fingerprint density at radius 2 is 2.05 bits per heavy atom. The van der Waals surface area contributed by atoms with E-state index in [0.717, 1.165) is 12.1 Å². The zero-order valence-corrected chi connectivity index (χ0v) is 13.0. The third kappa shape index (κ3) is 4.20. The second-order valence-electron chi connectivity index (χ2n) is 4.74. The van der Waals surface area contributed by atoms with E-state index in [2.05, 4.69) is 0 Å². The number of nitro groups is 1. The van der Waals surface area contributed by atoms with Crippen molar-refractivity contribution in [3.63, 3.8) is 0 Å². The summed E-state index contributed by atoms with van der Waals surface area (Å²) in [5, 5.41) is 31.0. The number of aliphatic hydroxyl groups is 1. The van der Waals surface area contributed by atoms with Crippen LogP contribution in [0.5, 0.6) is 11.5 Å². The third-order valence-electron chi connectivity index (χ3n) is 3.47. The molecule has 0 aromatic heterocycles. The van der Waals surface area contributed by atoms with Crippen LogP contribution in [0, 0.1) is 16.0 Å². The van der Waals surface area contributed by atoms with Gasteiger partial charge in [-0.25, -0.2) is 0 Å². The number of aromatic hydroxyl groups is 1. The molecule has 1 aromatic carbocycles. The lowest BCUT2D eigenvalue weighted by Gasteiger charge is -2.25. The van der Waals surface area contributed by atoms with Crippen LogP contribution < -0.4 is 10.5 Å². The molecule has 1 rings (SSSR count). The first-order valence-electron chi connectivity index (χ1n) is 6.32. The van der Waals surface area contributed by atoms with Crippen molar-refractivity contribution in [2.24, 2.45) is 11.7 Å². The smallest absolute Gasteiger partial charge is 0.273 e. The molecule has 0 fully saturated rings. The quantitative estimate of drug-likeness (QED) is 0.545. The molecule has 0 aliphatic heterocycles. The lowest BCUT2D eigenvalue weighted by atomic mass is 9.91. The molecule has 0 saturated carbocycles. The number of hydrogen-bond donors (Lipinski definition) is 3. The SMILES string of the molecule is CCC(C)[C@@H](O)[C@@H](N)c1cc([N+](=O)[O-])cc(OC)c1O.Cl. The second-order valence-corrected chi connectivity index (χ2v) is 4.74. The highest BCUT2D eigenvalue weighted by Crippen LogP contribution is 2.38. The molecule has 0 saturated heterocycles. The number of hydrogen-bond acceptors (Lipinski definition) is 6. The van der Waals surface area contributed by atoms with Gasteiger partial charge in [0.25, 0.3) is 5.69 Å². The fourth-order valence-corrected chi connectivity index (χ4v) is 1.91. The standard InChI is InChI=1S/C13H20N2O5.ClH/c1-4-7(2)12(16)11(14)9-5-8(15(18)19)6-10(20-3)13(9)17;/h5-7,11-12,16-17H,4,14H2,1-3H3;1H/t7?,11-,12+;/m0./s1. The number of benzene rings is 1. The number of ether oxygens (including phenoxy) is 1. The molecule has 0 spiro atoms. The zero-order valence-electron chi connectivity index (χ0n) is 12.1. The maximum atomic E-state index is 10.9. The van der Waals surface area contributed by atoms with Crippen LogP contribution in [-0.4, -0.2) is 28.4 Å². The Hall–Kier alpha value is -1.57. The molecule has 0 radical (unpaired) electrons. The van der Waals surface area contributed by atoms with E-state index in [-0.39, 0.29) is 41.1 Å². The predicted molar refractivity (Wildman–Crippen MR) is 81.0 cm³/mol. The van der Waals surface area contributed by atoms with Crippen LogP contribution in [0.2, 0.25) is 0 Å². The number of rotatable bonds is 6. The summed E-state index contributed by atoms with van der Waals surface area (Å²) in [6.07, 6.45) is -0.223. The van der Waals surface area contributed by atoms with E-state index in [1.807, 2.05) is 13.8 Å². The summed E-state index contributed by atoms with van der Waals surface area (Å²) in [6.45, 7) is 3.71. The number of methoxy groups -OCH3 is 1. The van der Waals surface area contributed by atoms with Crippen molar-refractivity contribution in [1.82, 2.24) is 0 Å². The number of nitrogens with zero attached hydrogens (tertiary/aromatic N) is 1. The van der Waals surface area contributed by atoms with Gasteiger partial charge in [0, 0.05) is 11.6 Å². The van der Waals surface area contributed by atoms with Gasteiger partial charge in [-0.15, -0.1) is 12.4 Å². The third-order valence-corrected chi connectivity index (χ3v) is 3.47. The Kier molecular flexibility index (Phi) is 7.42. The summed E-state index contributed by atoms with van der Waals surface area (Å²) in [5.74, 6) is -0.427. The minimum atomic E-state index is -0.932. The first kappa shape index (κ1) is 19.4. The molecule has 1 unspecified atom stereocenters. The van der Waals surface area contributed by atoms with Crippen LogP contribution >= 0.6 is 12.4 Å². The van der Waals surface area contributed by atoms with Crippen LogP contribution in [-0.2, 0) is 0 Å². The first-order chi connectivity index (χ1) is 9.33. The van der Waals surface area contributed by atoms with Crippen LogP contribution in [0.25, 0.3) is 0 Å². The molecule has 0 bridgehead atoms. The maximum Gasteiger partial charge on any atom is 0.273 e. The van der Waals surface area contributed by atoms with Crippen molar-refractivity contribution in [3.8, 4) is 11.5 Å². The molecule has 0 heterocycles. The van der Waals surface area contributed by atoms with E-state index in [9.17, 15) is 20.3 Å². The van der Waals surface area contributed by atoms with Crippen molar-refractivity contribution in [2.75, 3.05) is 7.11 Å². The van der Waals surface area contributed by atoms with E-state index in [1.54, 1.807) is 0 Å². The van der Waals surface area contributed by atoms with Crippen molar-refractivity contribution >= 4 is 18.1 Å². The van der Waals surface area contributed by atoms with Gasteiger partial charge in [-0.1, -0.05) is 20.3 Å². The number of nitrogens with two attached hydrogens (primary N) is 1. The topological polar surface area (TPSA) is 119 Å². The van der Waals surface area contributed by atoms with Crippen molar-refractivity contribution in [3.05, 3.63) is 27.8 Å². The number of halogens is 1. The van der Waals surface area contributed by atoms with Gasteiger partial charge in [0.05, 0.1) is 30.2 Å². The molecule has 8 heteroatoms. The van der Waals surface area contributed by atoms with Crippen molar-refractivity contribution < 1.29 is 19.9 Å². The van der Waals surface area contributed by atoms with Gasteiger partial charge >= 0.3 is 0 Å². The van der Waals surface area contributed by atoms with E-state index in [1.165, 1.54) is 7.11 Å². The van der Waals surface area contributed by atoms with Gasteiger partial charge in [-0.05, 0) is 5.92 Å². The highest BCUT2D eigenvalue weighted by molar-refractivity contribution is 5.85. The Morgan fingerprint density at radius 3 is 2.48 bits per heavy atom. The molecule has 120 valence electrons. The molecule has 1 aromatic rings. The van der Waals surface area contributed by atoms with Gasteiger partial charge in [0.2, 0.25) is 0 Å². The number of phenols is 1. The summed E-state index contributed by atoms with van der Waals surface area (Å²) < 4.78 is 4.90. The Morgan fingerprint density at radius 1 is 1.48 bits per heavy atom. The lowest BCUT2D eigenvalue weighted by Crippen LogP contribution is -2.31. The van der Waals surface area contributed by atoms with Crippen LogP contribution in [0.1, 0.15) is 31.9 Å². The van der Waals surface area contributed by atoms with Crippen LogP contribution in [0.4, 0.5) is 5.69 Å². The van der Waals surface area contributed by atoms with Gasteiger partial charge < -0.3 is 20.7 Å². The minimum Gasteiger partial charge on any atom is -0.504 e. The van der Waals surface area contributed by atoms with Gasteiger partial charge in [0.15, 0.2) is 11.5 Å². The average Bonchev–Trinajstić information content (AvgIpc) is 2.44. The Bertz CT molecular complexity index is 498. The molecule has 3 atom stereocenters. The average molecular weight is 321 g/mol. The molecule has 0 amide bonds. The summed E-state index contributed by atoms with van der Waals surface area (Å²) in [7, 11) is 1.29. The Labute approximate surface area is 129 Å². The highest BCUT2D eigenvalue weighted by Gasteiger charge is 2.28. The molecule has 0 aliphatic rings. The summed E-state index contributed by atoms with van der Waals surface area (Å²) in [4.78, 5) is 10.3. The molecular weight excluding hydrogens is 300 g/mol. The number of nitro benzene ring substituents is 1. The molecule has 7 nitrogen and oxygen atoms in total. The van der Waals surface area contributed by atoms with Crippen molar-refractivity contribution in [1.29, 1.82) is 0 Å². The van der Waals surface area contributed by atoms with Crippen LogP contribution in [0.3, 0.4) is 0 Å². The lowest BCUT2D eigenvalue weighted by molar-refractivity contribution is -0.385. The van der Waals surface area contributed by atoms with E-state index in [0.29, 0.717) is 6.42 Å². The number of non-ortho nitro benzene ring substituents is 1. The maximum absolute atomic E-state index is 10.9. The summed E-state index contributed by atoms with van der Waals surface area (Å²) in [5.41, 5.74) is 5.77. The van der Waals surface area contributed by atoms with E-state index < -0.39 is 17.1 Å². The fraction of sp³-hybridized carbons (Fsp3) is 0.538.